The Labute approximate surface area is 125 Å². The van der Waals surface area contributed by atoms with Crippen LogP contribution in [-0.2, 0) is 4.79 Å². The van der Waals surface area contributed by atoms with Crippen LogP contribution in [0.2, 0.25) is 0 Å². The number of carbonyl (C=O) groups excluding carboxylic acids is 1. The third-order valence-corrected chi connectivity index (χ3v) is 4.77. The monoisotopic (exact) mass is 282 g/mol. The van der Waals surface area contributed by atoms with Gasteiger partial charge in [-0.15, -0.1) is 0 Å². The van der Waals surface area contributed by atoms with Gasteiger partial charge in [0.1, 0.15) is 0 Å². The maximum atomic E-state index is 11.9. The number of rotatable bonds is 10. The molecule has 0 spiro atoms. The van der Waals surface area contributed by atoms with Crippen molar-refractivity contribution in [3.63, 3.8) is 0 Å². The highest BCUT2D eigenvalue weighted by atomic mass is 16.1. The Morgan fingerprint density at radius 3 is 2.35 bits per heavy atom. The molecule has 3 heteroatoms. The van der Waals surface area contributed by atoms with Crippen LogP contribution in [0.4, 0.5) is 0 Å². The maximum absolute atomic E-state index is 11.9. The molecule has 0 aliphatic heterocycles. The molecule has 0 saturated heterocycles. The third kappa shape index (κ3) is 6.74. The first-order valence-corrected chi connectivity index (χ1v) is 8.69. The summed E-state index contributed by atoms with van der Waals surface area (Å²) in [6.45, 7) is 3.73. The van der Waals surface area contributed by atoms with E-state index in [9.17, 15) is 4.79 Å². The molecule has 0 aromatic rings. The lowest BCUT2D eigenvalue weighted by Gasteiger charge is -2.36. The first-order chi connectivity index (χ1) is 9.72. The van der Waals surface area contributed by atoms with Gasteiger partial charge in [0.15, 0.2) is 0 Å². The van der Waals surface area contributed by atoms with Crippen LogP contribution in [0.3, 0.4) is 0 Å². The number of nitrogens with one attached hydrogen (secondary N) is 1. The van der Waals surface area contributed by atoms with Gasteiger partial charge < -0.3 is 11.1 Å². The second kappa shape index (κ2) is 10.2. The predicted octanol–water partition coefficient (Wildman–Crippen LogP) is 3.76. The van der Waals surface area contributed by atoms with Gasteiger partial charge in [-0.1, -0.05) is 58.3 Å². The Morgan fingerprint density at radius 1 is 1.05 bits per heavy atom. The second-order valence-corrected chi connectivity index (χ2v) is 6.56. The Balaban J connectivity index is 2.09. The molecule has 3 N–H and O–H groups in total. The van der Waals surface area contributed by atoms with Crippen molar-refractivity contribution in [3.8, 4) is 0 Å². The van der Waals surface area contributed by atoms with Crippen LogP contribution in [0.25, 0.3) is 0 Å². The van der Waals surface area contributed by atoms with Crippen LogP contribution >= 0.6 is 0 Å². The highest BCUT2D eigenvalue weighted by Crippen LogP contribution is 2.34. The Morgan fingerprint density at radius 2 is 1.70 bits per heavy atom. The second-order valence-electron chi connectivity index (χ2n) is 6.56. The van der Waals surface area contributed by atoms with Gasteiger partial charge in [-0.3, -0.25) is 4.79 Å². The summed E-state index contributed by atoms with van der Waals surface area (Å²) in [5.41, 5.74) is 6.13. The number of amides is 1. The van der Waals surface area contributed by atoms with Crippen LogP contribution in [0.1, 0.15) is 84.0 Å². The molecule has 0 unspecified atom stereocenters. The Kier molecular flexibility index (Phi) is 8.92. The minimum atomic E-state index is 0.190. The molecule has 0 bridgehead atoms. The van der Waals surface area contributed by atoms with Crippen LogP contribution in [0, 0.1) is 5.41 Å². The number of hydrogen-bond donors (Lipinski definition) is 2. The molecule has 1 fully saturated rings. The molecule has 0 aromatic heterocycles. The molecule has 1 saturated carbocycles. The van der Waals surface area contributed by atoms with E-state index in [1.54, 1.807) is 0 Å². The summed E-state index contributed by atoms with van der Waals surface area (Å²) in [5.74, 6) is 0.221. The van der Waals surface area contributed by atoms with Gasteiger partial charge in [-0.25, -0.2) is 0 Å². The van der Waals surface area contributed by atoms with Crippen molar-refractivity contribution in [2.75, 3.05) is 13.1 Å². The van der Waals surface area contributed by atoms with E-state index in [1.807, 2.05) is 0 Å². The van der Waals surface area contributed by atoms with Crippen molar-refractivity contribution in [1.29, 1.82) is 0 Å². The van der Waals surface area contributed by atoms with Gasteiger partial charge in [0.25, 0.3) is 0 Å². The van der Waals surface area contributed by atoms with Crippen LogP contribution in [0.5, 0.6) is 0 Å². The fourth-order valence-corrected chi connectivity index (χ4v) is 3.20. The summed E-state index contributed by atoms with van der Waals surface area (Å²) in [6, 6.07) is 0. The molecule has 0 atom stereocenters. The van der Waals surface area contributed by atoms with E-state index < -0.39 is 0 Å². The number of carbonyl (C=O) groups is 1. The summed E-state index contributed by atoms with van der Waals surface area (Å²) < 4.78 is 0. The molecule has 1 amide bonds. The van der Waals surface area contributed by atoms with Crippen molar-refractivity contribution in [2.24, 2.45) is 11.1 Å². The standard InChI is InChI=1S/C17H34N2O/c1-2-3-4-5-6-8-11-16(20)19-15-17(14-18)12-9-7-10-13-17/h2-15,18H2,1H3,(H,19,20). The highest BCUT2D eigenvalue weighted by Gasteiger charge is 2.30. The minimum absolute atomic E-state index is 0.190. The van der Waals surface area contributed by atoms with E-state index in [1.165, 1.54) is 64.2 Å². The zero-order chi connectivity index (χ0) is 14.7. The van der Waals surface area contributed by atoms with Crippen LogP contribution in [-0.4, -0.2) is 19.0 Å². The molecule has 0 radical (unpaired) electrons. The van der Waals surface area contributed by atoms with Gasteiger partial charge in [0, 0.05) is 13.0 Å². The molecule has 3 nitrogen and oxygen atoms in total. The van der Waals surface area contributed by atoms with E-state index in [0.29, 0.717) is 13.0 Å². The zero-order valence-electron chi connectivity index (χ0n) is 13.4. The van der Waals surface area contributed by atoms with Crippen molar-refractivity contribution < 1.29 is 4.79 Å². The van der Waals surface area contributed by atoms with E-state index in [2.05, 4.69) is 12.2 Å². The predicted molar refractivity (Wildman–Crippen MR) is 85.6 cm³/mol. The van der Waals surface area contributed by atoms with Crippen LogP contribution < -0.4 is 11.1 Å². The molecule has 0 heterocycles. The topological polar surface area (TPSA) is 55.1 Å². The van der Waals surface area contributed by atoms with E-state index in [0.717, 1.165) is 13.0 Å². The third-order valence-electron chi connectivity index (χ3n) is 4.77. The molecule has 20 heavy (non-hydrogen) atoms. The Bertz CT molecular complexity index is 260. The van der Waals surface area contributed by atoms with Crippen molar-refractivity contribution >= 4 is 5.91 Å². The van der Waals surface area contributed by atoms with Crippen molar-refractivity contribution in [3.05, 3.63) is 0 Å². The zero-order valence-corrected chi connectivity index (χ0v) is 13.4. The van der Waals surface area contributed by atoms with Crippen molar-refractivity contribution in [2.45, 2.75) is 84.0 Å². The quantitative estimate of drug-likeness (QED) is 0.599. The molecule has 0 aromatic carbocycles. The summed E-state index contributed by atoms with van der Waals surface area (Å²) in [7, 11) is 0. The summed E-state index contributed by atoms with van der Waals surface area (Å²) in [6.07, 6.45) is 14.3. The van der Waals surface area contributed by atoms with Gasteiger partial charge in [0.05, 0.1) is 0 Å². The number of unbranched alkanes of at least 4 members (excludes halogenated alkanes) is 5. The first kappa shape index (κ1) is 17.5. The number of hydrogen-bond acceptors (Lipinski definition) is 2. The fraction of sp³-hybridized carbons (Fsp3) is 0.941. The molecule has 1 aliphatic carbocycles. The normalized spacial score (nSPS) is 17.9. The molecule has 118 valence electrons. The first-order valence-electron chi connectivity index (χ1n) is 8.69. The summed E-state index contributed by atoms with van der Waals surface area (Å²) >= 11 is 0. The lowest BCUT2D eigenvalue weighted by Crippen LogP contribution is -2.43. The summed E-state index contributed by atoms with van der Waals surface area (Å²) in [4.78, 5) is 11.9. The van der Waals surface area contributed by atoms with Gasteiger partial charge in [-0.2, -0.15) is 0 Å². The average Bonchev–Trinajstić information content (AvgIpc) is 2.49. The summed E-state index contributed by atoms with van der Waals surface area (Å²) in [5, 5.41) is 3.13. The molecular formula is C17H34N2O. The molecule has 1 aliphatic rings. The van der Waals surface area contributed by atoms with Gasteiger partial charge in [0.2, 0.25) is 5.91 Å². The molecule has 1 rings (SSSR count). The largest absolute Gasteiger partial charge is 0.355 e. The maximum Gasteiger partial charge on any atom is 0.220 e. The number of nitrogens with two attached hydrogens (primary N) is 1. The smallest absolute Gasteiger partial charge is 0.220 e. The van der Waals surface area contributed by atoms with Crippen LogP contribution in [0.15, 0.2) is 0 Å². The van der Waals surface area contributed by atoms with Gasteiger partial charge >= 0.3 is 0 Å². The highest BCUT2D eigenvalue weighted by molar-refractivity contribution is 5.75. The van der Waals surface area contributed by atoms with Crippen molar-refractivity contribution in [1.82, 2.24) is 5.32 Å². The SMILES string of the molecule is CCCCCCCCC(=O)NCC1(CN)CCCCC1. The minimum Gasteiger partial charge on any atom is -0.355 e. The average molecular weight is 282 g/mol. The molecular weight excluding hydrogens is 248 g/mol. The fourth-order valence-electron chi connectivity index (χ4n) is 3.20. The van der Waals surface area contributed by atoms with E-state index in [-0.39, 0.29) is 11.3 Å². The lowest BCUT2D eigenvalue weighted by atomic mass is 9.74. The van der Waals surface area contributed by atoms with Gasteiger partial charge in [-0.05, 0) is 31.2 Å². The van der Waals surface area contributed by atoms with E-state index in [4.69, 9.17) is 5.73 Å². The lowest BCUT2D eigenvalue weighted by molar-refractivity contribution is -0.121. The van der Waals surface area contributed by atoms with E-state index >= 15 is 0 Å². The Hall–Kier alpha value is -0.570.